The van der Waals surface area contributed by atoms with E-state index in [0.717, 1.165) is 36.4 Å². The van der Waals surface area contributed by atoms with Crippen LogP contribution in [0.4, 0.5) is 0 Å². The number of ether oxygens (including phenoxy) is 1. The summed E-state index contributed by atoms with van der Waals surface area (Å²) in [6.07, 6.45) is 0.893. The second kappa shape index (κ2) is 8.45. The van der Waals surface area contributed by atoms with Gasteiger partial charge in [-0.15, -0.1) is 0 Å². The summed E-state index contributed by atoms with van der Waals surface area (Å²) >= 11 is 0. The zero-order valence-corrected chi connectivity index (χ0v) is 16.6. The molecule has 3 aromatic rings. The molecule has 1 saturated heterocycles. The Hall–Kier alpha value is -3.19. The molecule has 1 N–H and O–H groups in total. The van der Waals surface area contributed by atoms with Crippen molar-refractivity contribution < 1.29 is 14.1 Å². The van der Waals surface area contributed by atoms with Crippen molar-refractivity contribution in [3.8, 4) is 17.2 Å². The predicted molar refractivity (Wildman–Crippen MR) is 109 cm³/mol. The van der Waals surface area contributed by atoms with Crippen LogP contribution in [-0.2, 0) is 6.54 Å². The minimum Gasteiger partial charge on any atom is -0.497 e. The lowest BCUT2D eigenvalue weighted by molar-refractivity contribution is 0.0937. The normalized spacial score (nSPS) is 16.7. The predicted octanol–water partition coefficient (Wildman–Crippen LogP) is 3.06. The van der Waals surface area contributed by atoms with Gasteiger partial charge in [-0.25, -0.2) is 0 Å². The summed E-state index contributed by atoms with van der Waals surface area (Å²) in [6, 6.07) is 15.3. The Morgan fingerprint density at radius 3 is 2.86 bits per heavy atom. The van der Waals surface area contributed by atoms with Crippen molar-refractivity contribution in [2.45, 2.75) is 25.9 Å². The van der Waals surface area contributed by atoms with E-state index in [2.05, 4.69) is 20.4 Å². The molecular weight excluding hydrogens is 368 g/mol. The highest BCUT2D eigenvalue weighted by molar-refractivity contribution is 5.96. The monoisotopic (exact) mass is 392 g/mol. The Morgan fingerprint density at radius 2 is 2.10 bits per heavy atom. The molecule has 7 nitrogen and oxygen atoms in total. The van der Waals surface area contributed by atoms with Crippen molar-refractivity contribution >= 4 is 5.91 Å². The third-order valence-corrected chi connectivity index (χ3v) is 5.14. The van der Waals surface area contributed by atoms with Crippen molar-refractivity contribution in [2.24, 2.45) is 0 Å². The van der Waals surface area contributed by atoms with Crippen LogP contribution in [-0.4, -0.2) is 47.2 Å². The number of hydrogen-bond donors (Lipinski definition) is 1. The van der Waals surface area contributed by atoms with Gasteiger partial charge in [-0.1, -0.05) is 23.4 Å². The molecule has 150 valence electrons. The topological polar surface area (TPSA) is 80.5 Å². The van der Waals surface area contributed by atoms with Crippen LogP contribution < -0.4 is 10.1 Å². The zero-order valence-electron chi connectivity index (χ0n) is 16.6. The first kappa shape index (κ1) is 19.1. The maximum absolute atomic E-state index is 12.6. The van der Waals surface area contributed by atoms with Crippen LogP contribution in [0.3, 0.4) is 0 Å². The van der Waals surface area contributed by atoms with Gasteiger partial charge in [0.1, 0.15) is 5.75 Å². The van der Waals surface area contributed by atoms with Crippen LogP contribution in [0.15, 0.2) is 53.1 Å². The molecule has 1 atom stereocenters. The highest BCUT2D eigenvalue weighted by Gasteiger charge is 2.26. The summed E-state index contributed by atoms with van der Waals surface area (Å²) in [5, 5.41) is 7.23. The summed E-state index contributed by atoms with van der Waals surface area (Å²) in [5.41, 5.74) is 2.49. The van der Waals surface area contributed by atoms with Crippen molar-refractivity contribution in [1.82, 2.24) is 20.4 Å². The van der Waals surface area contributed by atoms with Crippen molar-refractivity contribution in [3.05, 3.63) is 65.5 Å². The minimum absolute atomic E-state index is 0.0528. The Labute approximate surface area is 169 Å². The molecule has 0 aliphatic carbocycles. The molecule has 1 fully saturated rings. The van der Waals surface area contributed by atoms with Crippen LogP contribution in [0.1, 0.15) is 28.2 Å². The first-order chi connectivity index (χ1) is 14.1. The SMILES string of the molecule is COc1ccc(C(=O)NC2CCN(Cc3noc(-c4ccccc4)n3)C2)c(C)c1. The van der Waals surface area contributed by atoms with Gasteiger partial charge in [0.05, 0.1) is 13.7 Å². The lowest BCUT2D eigenvalue weighted by Crippen LogP contribution is -2.37. The van der Waals surface area contributed by atoms with Gasteiger partial charge in [-0.2, -0.15) is 4.98 Å². The Kier molecular flexibility index (Phi) is 5.57. The molecule has 7 heteroatoms. The van der Waals surface area contributed by atoms with E-state index >= 15 is 0 Å². The fourth-order valence-corrected chi connectivity index (χ4v) is 3.59. The first-order valence-corrected chi connectivity index (χ1v) is 9.68. The van der Waals surface area contributed by atoms with Crippen LogP contribution in [0.5, 0.6) is 5.75 Å². The smallest absolute Gasteiger partial charge is 0.257 e. The molecule has 2 aromatic carbocycles. The molecule has 1 unspecified atom stereocenters. The maximum atomic E-state index is 12.6. The maximum Gasteiger partial charge on any atom is 0.257 e. The van der Waals surface area contributed by atoms with Gasteiger partial charge in [0.2, 0.25) is 0 Å². The molecule has 0 radical (unpaired) electrons. The number of methoxy groups -OCH3 is 1. The van der Waals surface area contributed by atoms with E-state index in [0.29, 0.717) is 23.8 Å². The number of aromatic nitrogens is 2. The molecule has 0 bridgehead atoms. The summed E-state index contributed by atoms with van der Waals surface area (Å²) in [5.74, 6) is 1.88. The van der Waals surface area contributed by atoms with E-state index < -0.39 is 0 Å². The van der Waals surface area contributed by atoms with Gasteiger partial charge < -0.3 is 14.6 Å². The third kappa shape index (κ3) is 4.46. The van der Waals surface area contributed by atoms with Gasteiger partial charge in [-0.3, -0.25) is 9.69 Å². The van der Waals surface area contributed by atoms with Gasteiger partial charge in [0, 0.05) is 30.3 Å². The summed E-state index contributed by atoms with van der Waals surface area (Å²) in [4.78, 5) is 19.4. The van der Waals surface area contributed by atoms with Crippen LogP contribution in [0, 0.1) is 6.92 Å². The second-order valence-corrected chi connectivity index (χ2v) is 7.26. The van der Waals surface area contributed by atoms with Gasteiger partial charge >= 0.3 is 0 Å². The fourth-order valence-electron chi connectivity index (χ4n) is 3.59. The Balaban J connectivity index is 1.33. The first-order valence-electron chi connectivity index (χ1n) is 9.68. The average molecular weight is 392 g/mol. The molecule has 0 spiro atoms. The van der Waals surface area contributed by atoms with Crippen molar-refractivity contribution in [3.63, 3.8) is 0 Å². The van der Waals surface area contributed by atoms with Crippen LogP contribution in [0.25, 0.3) is 11.5 Å². The van der Waals surface area contributed by atoms with Gasteiger partial charge in [-0.05, 0) is 49.2 Å². The van der Waals surface area contributed by atoms with Crippen molar-refractivity contribution in [2.75, 3.05) is 20.2 Å². The van der Waals surface area contributed by atoms with E-state index in [9.17, 15) is 4.79 Å². The molecule has 2 heterocycles. The standard InChI is InChI=1S/C22H24N4O3/c1-15-12-18(28-2)8-9-19(15)21(27)23-17-10-11-26(13-17)14-20-24-22(29-25-20)16-6-4-3-5-7-16/h3-9,12,17H,10-11,13-14H2,1-2H3,(H,23,27). The number of benzene rings is 2. The van der Waals surface area contributed by atoms with E-state index in [-0.39, 0.29) is 11.9 Å². The van der Waals surface area contributed by atoms with E-state index in [4.69, 9.17) is 9.26 Å². The lowest BCUT2D eigenvalue weighted by atomic mass is 10.1. The van der Waals surface area contributed by atoms with Crippen LogP contribution >= 0.6 is 0 Å². The number of likely N-dealkylation sites (tertiary alicyclic amines) is 1. The Bertz CT molecular complexity index is 987. The van der Waals surface area contributed by atoms with E-state index in [1.165, 1.54) is 0 Å². The highest BCUT2D eigenvalue weighted by atomic mass is 16.5. The largest absolute Gasteiger partial charge is 0.497 e. The Morgan fingerprint density at radius 1 is 1.28 bits per heavy atom. The van der Waals surface area contributed by atoms with E-state index in [1.54, 1.807) is 13.2 Å². The lowest BCUT2D eigenvalue weighted by Gasteiger charge is -2.16. The quantitative estimate of drug-likeness (QED) is 0.694. The minimum atomic E-state index is -0.0528. The van der Waals surface area contributed by atoms with E-state index in [1.807, 2.05) is 49.4 Å². The number of nitrogens with one attached hydrogen (secondary N) is 1. The summed E-state index contributed by atoms with van der Waals surface area (Å²) in [6.45, 7) is 4.15. The molecule has 29 heavy (non-hydrogen) atoms. The summed E-state index contributed by atoms with van der Waals surface area (Å²) in [7, 11) is 1.62. The molecular formula is C22H24N4O3. The number of rotatable bonds is 6. The third-order valence-electron chi connectivity index (χ3n) is 5.14. The molecule has 1 aromatic heterocycles. The molecule has 1 amide bonds. The number of carbonyl (C=O) groups excluding carboxylic acids is 1. The van der Waals surface area contributed by atoms with Crippen molar-refractivity contribution in [1.29, 1.82) is 0 Å². The molecule has 1 aliphatic heterocycles. The summed E-state index contributed by atoms with van der Waals surface area (Å²) < 4.78 is 10.6. The average Bonchev–Trinajstić information content (AvgIpc) is 3.38. The molecule has 1 aliphatic rings. The number of carbonyl (C=O) groups is 1. The highest BCUT2D eigenvalue weighted by Crippen LogP contribution is 2.20. The number of aryl methyl sites for hydroxylation is 1. The van der Waals surface area contributed by atoms with Gasteiger partial charge in [0.25, 0.3) is 11.8 Å². The van der Waals surface area contributed by atoms with Gasteiger partial charge in [0.15, 0.2) is 5.82 Å². The molecule has 0 saturated carbocycles. The number of hydrogen-bond acceptors (Lipinski definition) is 6. The van der Waals surface area contributed by atoms with Crippen LogP contribution in [0.2, 0.25) is 0 Å². The number of amides is 1. The second-order valence-electron chi connectivity index (χ2n) is 7.26. The fraction of sp³-hybridized carbons (Fsp3) is 0.318. The zero-order chi connectivity index (χ0) is 20.2. The number of nitrogens with zero attached hydrogens (tertiary/aromatic N) is 3. The molecule has 4 rings (SSSR count).